The molecule has 4 rings (SSSR count). The fourth-order valence-electron chi connectivity index (χ4n) is 2.32. The van der Waals surface area contributed by atoms with Gasteiger partial charge in [0.1, 0.15) is 11.6 Å². The molecule has 21 heavy (non-hydrogen) atoms. The van der Waals surface area contributed by atoms with Crippen molar-refractivity contribution in [3.63, 3.8) is 0 Å². The van der Waals surface area contributed by atoms with Crippen LogP contribution in [0.3, 0.4) is 0 Å². The van der Waals surface area contributed by atoms with Crippen molar-refractivity contribution in [1.29, 1.82) is 0 Å². The normalized spacial score (nSPS) is 11.5. The van der Waals surface area contributed by atoms with Crippen molar-refractivity contribution in [1.82, 2.24) is 19.8 Å². The fraction of sp³-hybridized carbons (Fsp3) is 0.133. The second-order valence-corrected chi connectivity index (χ2v) is 5.67. The average Bonchev–Trinajstić information content (AvgIpc) is 3.09. The second kappa shape index (κ2) is 4.91. The van der Waals surface area contributed by atoms with Gasteiger partial charge >= 0.3 is 0 Å². The van der Waals surface area contributed by atoms with Crippen LogP contribution >= 0.6 is 11.3 Å². The van der Waals surface area contributed by atoms with Gasteiger partial charge in [-0.25, -0.2) is 0 Å². The summed E-state index contributed by atoms with van der Waals surface area (Å²) >= 11 is 1.53. The van der Waals surface area contributed by atoms with Gasteiger partial charge in [0.25, 0.3) is 0 Å². The van der Waals surface area contributed by atoms with E-state index in [1.165, 1.54) is 22.1 Å². The Morgan fingerprint density at radius 1 is 1.10 bits per heavy atom. The predicted octanol–water partition coefficient (Wildman–Crippen LogP) is 3.15. The van der Waals surface area contributed by atoms with Crippen molar-refractivity contribution in [3.8, 4) is 10.6 Å². The van der Waals surface area contributed by atoms with Crippen molar-refractivity contribution in [2.75, 3.05) is 7.11 Å². The van der Waals surface area contributed by atoms with E-state index in [4.69, 9.17) is 4.74 Å². The Morgan fingerprint density at radius 3 is 2.81 bits per heavy atom. The van der Waals surface area contributed by atoms with E-state index in [0.717, 1.165) is 21.4 Å². The SMILES string of the molecule is COCc1nnc2sc(-c3ccc4ccccc4c3)nn12. The minimum absolute atomic E-state index is 0.405. The third-order valence-electron chi connectivity index (χ3n) is 3.33. The van der Waals surface area contributed by atoms with E-state index in [1.807, 2.05) is 12.1 Å². The summed E-state index contributed by atoms with van der Waals surface area (Å²) in [4.78, 5) is 0.783. The van der Waals surface area contributed by atoms with Crippen LogP contribution < -0.4 is 0 Å². The summed E-state index contributed by atoms with van der Waals surface area (Å²) in [5.41, 5.74) is 1.09. The van der Waals surface area contributed by atoms with Gasteiger partial charge in [-0.2, -0.15) is 9.61 Å². The van der Waals surface area contributed by atoms with Gasteiger partial charge < -0.3 is 4.74 Å². The molecule has 5 nitrogen and oxygen atoms in total. The van der Waals surface area contributed by atoms with Crippen LogP contribution in [0, 0.1) is 0 Å². The smallest absolute Gasteiger partial charge is 0.235 e. The van der Waals surface area contributed by atoms with E-state index in [1.54, 1.807) is 11.6 Å². The largest absolute Gasteiger partial charge is 0.377 e. The molecule has 104 valence electrons. The van der Waals surface area contributed by atoms with Crippen LogP contribution in [0.1, 0.15) is 5.82 Å². The number of hydrogen-bond acceptors (Lipinski definition) is 5. The number of fused-ring (bicyclic) bond motifs is 2. The molecule has 0 aliphatic heterocycles. The quantitative estimate of drug-likeness (QED) is 0.583. The number of rotatable bonds is 3. The fourth-order valence-corrected chi connectivity index (χ4v) is 3.17. The van der Waals surface area contributed by atoms with Gasteiger partial charge in [0.15, 0.2) is 5.82 Å². The molecule has 0 aliphatic carbocycles. The van der Waals surface area contributed by atoms with E-state index in [0.29, 0.717) is 6.61 Å². The Hall–Kier alpha value is -2.31. The summed E-state index contributed by atoms with van der Waals surface area (Å²) < 4.78 is 6.86. The first kappa shape index (κ1) is 12.4. The molecule has 0 aliphatic rings. The van der Waals surface area contributed by atoms with Crippen LogP contribution in [0.15, 0.2) is 42.5 Å². The van der Waals surface area contributed by atoms with Gasteiger partial charge in [0, 0.05) is 12.7 Å². The maximum absolute atomic E-state index is 5.11. The summed E-state index contributed by atoms with van der Waals surface area (Å²) in [6.07, 6.45) is 0. The van der Waals surface area contributed by atoms with E-state index in [2.05, 4.69) is 45.6 Å². The maximum atomic E-state index is 5.11. The molecule has 0 fully saturated rings. The zero-order valence-corrected chi connectivity index (χ0v) is 12.2. The molecule has 4 aromatic rings. The van der Waals surface area contributed by atoms with E-state index < -0.39 is 0 Å². The minimum atomic E-state index is 0.405. The first-order valence-electron chi connectivity index (χ1n) is 6.54. The summed E-state index contributed by atoms with van der Waals surface area (Å²) in [6.45, 7) is 0.405. The highest BCUT2D eigenvalue weighted by atomic mass is 32.1. The minimum Gasteiger partial charge on any atom is -0.377 e. The predicted molar refractivity (Wildman–Crippen MR) is 82.3 cm³/mol. The first-order valence-corrected chi connectivity index (χ1v) is 7.36. The molecular weight excluding hydrogens is 284 g/mol. The molecule has 0 bridgehead atoms. The molecule has 0 saturated heterocycles. The summed E-state index contributed by atoms with van der Waals surface area (Å²) in [5, 5.41) is 16.2. The molecule has 0 amide bonds. The van der Waals surface area contributed by atoms with Crippen LogP contribution in [0.5, 0.6) is 0 Å². The molecule has 0 N–H and O–H groups in total. The van der Waals surface area contributed by atoms with E-state index >= 15 is 0 Å². The molecule has 6 heteroatoms. The number of ether oxygens (including phenoxy) is 1. The van der Waals surface area contributed by atoms with Crippen molar-refractivity contribution in [3.05, 3.63) is 48.3 Å². The lowest BCUT2D eigenvalue weighted by atomic mass is 10.1. The zero-order chi connectivity index (χ0) is 14.2. The van der Waals surface area contributed by atoms with Crippen molar-refractivity contribution in [2.24, 2.45) is 0 Å². The number of methoxy groups -OCH3 is 1. The molecule has 2 aromatic heterocycles. The zero-order valence-electron chi connectivity index (χ0n) is 11.4. The van der Waals surface area contributed by atoms with Gasteiger partial charge in [0.2, 0.25) is 4.96 Å². The molecular formula is C15H12N4OS. The van der Waals surface area contributed by atoms with Crippen LogP contribution in [-0.4, -0.2) is 26.9 Å². The Bertz CT molecular complexity index is 928. The highest BCUT2D eigenvalue weighted by Crippen LogP contribution is 2.28. The molecule has 0 spiro atoms. The third-order valence-corrected chi connectivity index (χ3v) is 4.27. The molecule has 0 radical (unpaired) electrons. The number of hydrogen-bond donors (Lipinski definition) is 0. The molecule has 0 atom stereocenters. The standard InChI is InChI=1S/C15H12N4OS/c1-20-9-13-16-17-15-19(13)18-14(21-15)12-7-6-10-4-2-3-5-11(10)8-12/h2-8H,9H2,1H3. The van der Waals surface area contributed by atoms with Crippen molar-refractivity contribution >= 4 is 27.1 Å². The van der Waals surface area contributed by atoms with Gasteiger partial charge in [0.05, 0.1) is 0 Å². The maximum Gasteiger partial charge on any atom is 0.235 e. The van der Waals surface area contributed by atoms with Crippen LogP contribution in [0.4, 0.5) is 0 Å². The monoisotopic (exact) mass is 296 g/mol. The summed E-state index contributed by atoms with van der Waals surface area (Å²) in [7, 11) is 1.64. The Morgan fingerprint density at radius 2 is 1.95 bits per heavy atom. The average molecular weight is 296 g/mol. The second-order valence-electron chi connectivity index (χ2n) is 4.71. The van der Waals surface area contributed by atoms with Crippen molar-refractivity contribution < 1.29 is 4.74 Å². The molecule has 2 aromatic carbocycles. The number of nitrogens with zero attached hydrogens (tertiary/aromatic N) is 4. The van der Waals surface area contributed by atoms with Crippen LogP contribution in [0.2, 0.25) is 0 Å². The van der Waals surface area contributed by atoms with E-state index in [-0.39, 0.29) is 0 Å². The third kappa shape index (κ3) is 2.09. The summed E-state index contributed by atoms with van der Waals surface area (Å²) in [6, 6.07) is 14.7. The van der Waals surface area contributed by atoms with E-state index in [9.17, 15) is 0 Å². The van der Waals surface area contributed by atoms with Gasteiger partial charge in [-0.15, -0.1) is 10.2 Å². The number of aromatic nitrogens is 4. The lowest BCUT2D eigenvalue weighted by Gasteiger charge is -2.00. The first-order chi connectivity index (χ1) is 10.3. The van der Waals surface area contributed by atoms with Gasteiger partial charge in [-0.3, -0.25) is 0 Å². The summed E-state index contributed by atoms with van der Waals surface area (Å²) in [5.74, 6) is 0.718. The molecule has 0 saturated carbocycles. The van der Waals surface area contributed by atoms with Gasteiger partial charge in [-0.1, -0.05) is 47.7 Å². The van der Waals surface area contributed by atoms with Crippen molar-refractivity contribution in [2.45, 2.75) is 6.61 Å². The molecule has 0 unspecified atom stereocenters. The highest BCUT2D eigenvalue weighted by molar-refractivity contribution is 7.19. The number of benzene rings is 2. The van der Waals surface area contributed by atoms with Crippen LogP contribution in [0.25, 0.3) is 26.3 Å². The Kier molecular flexibility index (Phi) is 2.90. The highest BCUT2D eigenvalue weighted by Gasteiger charge is 2.12. The van der Waals surface area contributed by atoms with Crippen LogP contribution in [-0.2, 0) is 11.3 Å². The Labute approximate surface area is 124 Å². The lowest BCUT2D eigenvalue weighted by molar-refractivity contribution is 0.176. The van der Waals surface area contributed by atoms with Gasteiger partial charge in [-0.05, 0) is 16.8 Å². The Balaban J connectivity index is 1.83. The molecule has 2 heterocycles. The lowest BCUT2D eigenvalue weighted by Crippen LogP contribution is -1.97. The topological polar surface area (TPSA) is 52.3 Å².